The fraction of sp³-hybridized carbons (Fsp3) is 0.458. The summed E-state index contributed by atoms with van der Waals surface area (Å²) in [5.41, 5.74) is 7.02. The van der Waals surface area contributed by atoms with Crippen molar-refractivity contribution < 1.29 is 39.3 Å². The summed E-state index contributed by atoms with van der Waals surface area (Å²) in [6, 6.07) is 1.84. The minimum atomic E-state index is -1.50. The molecular formula is C24H33N5O8. The molecule has 2 rings (SSSR count). The highest BCUT2D eigenvalue weighted by molar-refractivity contribution is 5.95. The van der Waals surface area contributed by atoms with Crippen LogP contribution in [0.15, 0.2) is 30.5 Å². The van der Waals surface area contributed by atoms with Crippen molar-refractivity contribution >= 4 is 40.6 Å². The Morgan fingerprint density at radius 1 is 0.919 bits per heavy atom. The fourth-order valence-corrected chi connectivity index (χ4v) is 3.72. The van der Waals surface area contributed by atoms with Gasteiger partial charge >= 0.3 is 11.9 Å². The lowest BCUT2D eigenvalue weighted by atomic mass is 10.0. The Hall–Kier alpha value is -3.97. The molecule has 0 aliphatic carbocycles. The zero-order valence-electron chi connectivity index (χ0n) is 20.6. The van der Waals surface area contributed by atoms with Crippen molar-refractivity contribution in [3.05, 3.63) is 36.0 Å². The SMILES string of the molecule is CC(C)CC(NC(=O)C(N)CC(=O)O)C(=O)NC(CO)C(=O)NC(Cc1c[nH]c2ccccc12)C(=O)O. The van der Waals surface area contributed by atoms with Gasteiger partial charge in [-0.1, -0.05) is 32.0 Å². The van der Waals surface area contributed by atoms with Crippen LogP contribution in [0.25, 0.3) is 10.9 Å². The van der Waals surface area contributed by atoms with Gasteiger partial charge in [0.05, 0.1) is 19.1 Å². The molecule has 0 saturated heterocycles. The summed E-state index contributed by atoms with van der Waals surface area (Å²) in [6.07, 6.45) is 1.09. The lowest BCUT2D eigenvalue weighted by molar-refractivity contribution is -0.142. The molecule has 4 unspecified atom stereocenters. The molecule has 0 saturated carbocycles. The number of carboxylic acid groups (broad SMARTS) is 2. The number of carbonyl (C=O) groups is 5. The van der Waals surface area contributed by atoms with Crippen molar-refractivity contribution in [2.24, 2.45) is 11.7 Å². The first-order valence-electron chi connectivity index (χ1n) is 11.7. The summed E-state index contributed by atoms with van der Waals surface area (Å²) < 4.78 is 0. The molecule has 1 aromatic heterocycles. The number of aliphatic hydroxyl groups is 1. The van der Waals surface area contributed by atoms with Gasteiger partial charge < -0.3 is 42.0 Å². The Labute approximate surface area is 212 Å². The zero-order valence-corrected chi connectivity index (χ0v) is 20.6. The molecule has 1 heterocycles. The van der Waals surface area contributed by atoms with Gasteiger partial charge in [-0.05, 0) is 24.0 Å². The van der Waals surface area contributed by atoms with Crippen LogP contribution in [0, 0.1) is 5.92 Å². The molecular weight excluding hydrogens is 486 g/mol. The lowest BCUT2D eigenvalue weighted by Gasteiger charge is -2.25. The zero-order chi connectivity index (χ0) is 27.7. The number of aromatic amines is 1. The van der Waals surface area contributed by atoms with E-state index in [1.54, 1.807) is 26.1 Å². The van der Waals surface area contributed by atoms with E-state index in [2.05, 4.69) is 20.9 Å². The average molecular weight is 520 g/mol. The van der Waals surface area contributed by atoms with Crippen LogP contribution in [0.2, 0.25) is 0 Å². The third-order valence-corrected chi connectivity index (χ3v) is 5.60. The highest BCUT2D eigenvalue weighted by Crippen LogP contribution is 2.19. The summed E-state index contributed by atoms with van der Waals surface area (Å²) in [7, 11) is 0. The van der Waals surface area contributed by atoms with E-state index < -0.39 is 66.9 Å². The predicted octanol–water partition coefficient (Wildman–Crippen LogP) is -0.910. The van der Waals surface area contributed by atoms with E-state index >= 15 is 0 Å². The van der Waals surface area contributed by atoms with Gasteiger partial charge in [-0.15, -0.1) is 0 Å². The number of benzene rings is 1. The maximum Gasteiger partial charge on any atom is 0.326 e. The second kappa shape index (κ2) is 13.4. The first kappa shape index (κ1) is 29.3. The van der Waals surface area contributed by atoms with Crippen LogP contribution in [0.3, 0.4) is 0 Å². The van der Waals surface area contributed by atoms with Gasteiger partial charge in [0.25, 0.3) is 0 Å². The molecule has 9 N–H and O–H groups in total. The summed E-state index contributed by atoms with van der Waals surface area (Å²) in [4.78, 5) is 63.6. The largest absolute Gasteiger partial charge is 0.481 e. The smallest absolute Gasteiger partial charge is 0.326 e. The average Bonchev–Trinajstić information content (AvgIpc) is 3.23. The Morgan fingerprint density at radius 3 is 2.11 bits per heavy atom. The van der Waals surface area contributed by atoms with Crippen LogP contribution in [0.1, 0.15) is 32.3 Å². The molecule has 37 heavy (non-hydrogen) atoms. The van der Waals surface area contributed by atoms with Crippen molar-refractivity contribution in [1.29, 1.82) is 0 Å². The molecule has 1 aromatic carbocycles. The molecule has 0 radical (unpaired) electrons. The van der Waals surface area contributed by atoms with E-state index in [-0.39, 0.29) is 18.8 Å². The van der Waals surface area contributed by atoms with E-state index in [1.165, 1.54) is 0 Å². The quantitative estimate of drug-likeness (QED) is 0.154. The van der Waals surface area contributed by atoms with Gasteiger partial charge in [0.15, 0.2) is 0 Å². The van der Waals surface area contributed by atoms with Crippen molar-refractivity contribution in [2.45, 2.75) is 57.3 Å². The maximum atomic E-state index is 12.9. The van der Waals surface area contributed by atoms with Gasteiger partial charge in [-0.2, -0.15) is 0 Å². The number of H-pyrrole nitrogens is 1. The number of carbonyl (C=O) groups excluding carboxylic acids is 3. The highest BCUT2D eigenvalue weighted by atomic mass is 16.4. The number of aliphatic hydroxyl groups excluding tert-OH is 1. The molecule has 0 spiro atoms. The van der Waals surface area contributed by atoms with E-state index in [1.807, 2.05) is 18.2 Å². The van der Waals surface area contributed by atoms with Gasteiger partial charge in [-0.3, -0.25) is 19.2 Å². The number of rotatable bonds is 14. The Balaban J connectivity index is 2.09. The van der Waals surface area contributed by atoms with E-state index in [0.29, 0.717) is 5.56 Å². The number of fused-ring (bicyclic) bond motifs is 1. The second-order valence-electron chi connectivity index (χ2n) is 9.10. The van der Waals surface area contributed by atoms with Crippen LogP contribution in [-0.4, -0.2) is 80.7 Å². The van der Waals surface area contributed by atoms with Crippen LogP contribution in [-0.2, 0) is 30.4 Å². The predicted molar refractivity (Wildman–Crippen MR) is 132 cm³/mol. The van der Waals surface area contributed by atoms with Crippen LogP contribution >= 0.6 is 0 Å². The van der Waals surface area contributed by atoms with Crippen LogP contribution in [0.4, 0.5) is 0 Å². The molecule has 4 atom stereocenters. The standard InChI is InChI=1S/C24H33N5O8/c1-12(2)7-17(27-21(33)15(25)9-20(31)32)22(34)29-19(11-30)23(35)28-18(24(36)37)8-13-10-26-16-6-4-3-5-14(13)16/h3-6,10,12,15,17-19,26,30H,7-9,11,25H2,1-2H3,(H,27,33)(H,28,35)(H,29,34)(H,31,32)(H,36,37). The van der Waals surface area contributed by atoms with Crippen molar-refractivity contribution in [3.63, 3.8) is 0 Å². The topological polar surface area (TPSA) is 224 Å². The summed E-state index contributed by atoms with van der Waals surface area (Å²) in [5, 5.41) is 36.0. The molecule has 13 heteroatoms. The number of nitrogens with two attached hydrogens (primary N) is 1. The normalized spacial score (nSPS) is 14.4. The number of para-hydroxylation sites is 1. The number of aromatic nitrogens is 1. The van der Waals surface area contributed by atoms with E-state index in [9.17, 15) is 34.2 Å². The van der Waals surface area contributed by atoms with Crippen molar-refractivity contribution in [2.75, 3.05) is 6.61 Å². The Kier molecular flexibility index (Phi) is 10.6. The number of hydrogen-bond donors (Lipinski definition) is 8. The van der Waals surface area contributed by atoms with Crippen LogP contribution < -0.4 is 21.7 Å². The molecule has 2 aromatic rings. The van der Waals surface area contributed by atoms with E-state index in [4.69, 9.17) is 10.8 Å². The summed E-state index contributed by atoms with van der Waals surface area (Å²) in [5.74, 6) is -5.29. The number of nitrogens with one attached hydrogen (secondary N) is 4. The van der Waals surface area contributed by atoms with Gasteiger partial charge in [0.2, 0.25) is 17.7 Å². The third kappa shape index (κ3) is 8.58. The molecule has 0 fully saturated rings. The fourth-order valence-electron chi connectivity index (χ4n) is 3.72. The molecule has 3 amide bonds. The lowest BCUT2D eigenvalue weighted by Crippen LogP contribution is -2.58. The first-order valence-corrected chi connectivity index (χ1v) is 11.7. The van der Waals surface area contributed by atoms with Gasteiger partial charge in [-0.25, -0.2) is 4.79 Å². The highest BCUT2D eigenvalue weighted by Gasteiger charge is 2.31. The third-order valence-electron chi connectivity index (χ3n) is 5.60. The number of amides is 3. The Bertz CT molecular complexity index is 1130. The second-order valence-corrected chi connectivity index (χ2v) is 9.10. The molecule has 0 aliphatic rings. The number of aliphatic carboxylic acids is 2. The van der Waals surface area contributed by atoms with Crippen LogP contribution in [0.5, 0.6) is 0 Å². The number of hydrogen-bond acceptors (Lipinski definition) is 7. The molecule has 13 nitrogen and oxygen atoms in total. The van der Waals surface area contributed by atoms with Crippen molar-refractivity contribution in [1.82, 2.24) is 20.9 Å². The van der Waals surface area contributed by atoms with Crippen molar-refractivity contribution in [3.8, 4) is 0 Å². The first-order chi connectivity index (χ1) is 17.4. The monoisotopic (exact) mass is 519 g/mol. The van der Waals surface area contributed by atoms with E-state index in [0.717, 1.165) is 10.9 Å². The molecule has 0 aliphatic heterocycles. The molecule has 0 bridgehead atoms. The summed E-state index contributed by atoms with van der Waals surface area (Å²) in [6.45, 7) is 2.72. The van der Waals surface area contributed by atoms with Gasteiger partial charge in [0, 0.05) is 23.5 Å². The number of carboxylic acids is 2. The minimum absolute atomic E-state index is 0.0509. The maximum absolute atomic E-state index is 12.9. The Morgan fingerprint density at radius 2 is 1.51 bits per heavy atom. The summed E-state index contributed by atoms with van der Waals surface area (Å²) >= 11 is 0. The van der Waals surface area contributed by atoms with Gasteiger partial charge in [0.1, 0.15) is 18.1 Å². The minimum Gasteiger partial charge on any atom is -0.481 e. The molecule has 202 valence electrons.